The molecule has 0 atom stereocenters. The first-order chi connectivity index (χ1) is 7.90. The third-order valence-corrected chi connectivity index (χ3v) is 2.29. The van der Waals surface area contributed by atoms with Gasteiger partial charge in [-0.15, -0.1) is 0 Å². The first kappa shape index (κ1) is 13.3. The van der Waals surface area contributed by atoms with Gasteiger partial charge in [0.15, 0.2) is 0 Å². The van der Waals surface area contributed by atoms with Crippen LogP contribution in [-0.2, 0) is 14.8 Å². The average molecular weight is 258 g/mol. The van der Waals surface area contributed by atoms with Crippen molar-refractivity contribution in [2.24, 2.45) is 0 Å². The molecule has 0 aliphatic carbocycles. The predicted molar refractivity (Wildman–Crippen MR) is 65.6 cm³/mol. The van der Waals surface area contributed by atoms with Gasteiger partial charge in [0.25, 0.3) is 0 Å². The number of carbonyl (C=O) groups excluding carboxylic acids is 1. The number of ether oxygens (including phenoxy) is 1. The van der Waals surface area contributed by atoms with Crippen molar-refractivity contribution in [2.45, 2.75) is 6.92 Å². The summed E-state index contributed by atoms with van der Waals surface area (Å²) in [5.74, 6) is 0. The van der Waals surface area contributed by atoms with Gasteiger partial charge in [0.05, 0.1) is 18.6 Å². The van der Waals surface area contributed by atoms with Crippen molar-refractivity contribution in [1.82, 2.24) is 0 Å². The lowest BCUT2D eigenvalue weighted by Crippen LogP contribution is -2.14. The van der Waals surface area contributed by atoms with Crippen LogP contribution in [0.2, 0.25) is 0 Å². The number of carbonyl (C=O) groups is 1. The van der Waals surface area contributed by atoms with Crippen LogP contribution in [0.5, 0.6) is 0 Å². The van der Waals surface area contributed by atoms with Crippen molar-refractivity contribution in [3.05, 3.63) is 24.3 Å². The number of nitrogens with one attached hydrogen (secondary N) is 2. The van der Waals surface area contributed by atoms with Gasteiger partial charge >= 0.3 is 6.09 Å². The molecule has 7 heteroatoms. The standard InChI is InChI=1S/C10H14N2O4S/c1-3-16-10(13)11-8-5-4-6-9(7-8)12-17(2,14)15/h4-7,12H,3H2,1-2H3,(H,11,13). The maximum Gasteiger partial charge on any atom is 0.411 e. The number of amides is 1. The van der Waals surface area contributed by atoms with Gasteiger partial charge in [0, 0.05) is 5.69 Å². The maximum atomic E-state index is 11.1. The number of sulfonamides is 1. The minimum absolute atomic E-state index is 0.271. The number of hydrogen-bond donors (Lipinski definition) is 2. The molecule has 0 unspecified atom stereocenters. The van der Waals surface area contributed by atoms with Crippen molar-refractivity contribution < 1.29 is 17.9 Å². The molecule has 17 heavy (non-hydrogen) atoms. The third-order valence-electron chi connectivity index (χ3n) is 1.69. The largest absolute Gasteiger partial charge is 0.450 e. The maximum absolute atomic E-state index is 11.1. The lowest BCUT2D eigenvalue weighted by atomic mass is 10.3. The summed E-state index contributed by atoms with van der Waals surface area (Å²) in [5, 5.41) is 2.47. The molecule has 0 heterocycles. The number of hydrogen-bond acceptors (Lipinski definition) is 4. The van der Waals surface area contributed by atoms with Crippen LogP contribution in [-0.4, -0.2) is 27.4 Å². The summed E-state index contributed by atoms with van der Waals surface area (Å²) in [7, 11) is -3.33. The summed E-state index contributed by atoms with van der Waals surface area (Å²) in [5.41, 5.74) is 0.832. The highest BCUT2D eigenvalue weighted by Gasteiger charge is 2.05. The van der Waals surface area contributed by atoms with E-state index in [2.05, 4.69) is 10.0 Å². The SMILES string of the molecule is CCOC(=O)Nc1cccc(NS(C)(=O)=O)c1. The van der Waals surface area contributed by atoms with Gasteiger partial charge in [-0.1, -0.05) is 6.07 Å². The Hall–Kier alpha value is -1.76. The molecule has 2 N–H and O–H groups in total. The lowest BCUT2D eigenvalue weighted by molar-refractivity contribution is 0.168. The fourth-order valence-electron chi connectivity index (χ4n) is 1.16. The first-order valence-electron chi connectivity index (χ1n) is 4.92. The molecule has 0 saturated heterocycles. The molecule has 0 bridgehead atoms. The van der Waals surface area contributed by atoms with Crippen LogP contribution in [0, 0.1) is 0 Å². The molecular formula is C10H14N2O4S. The number of anilines is 2. The van der Waals surface area contributed by atoms with Gasteiger partial charge in [0.1, 0.15) is 0 Å². The highest BCUT2D eigenvalue weighted by Crippen LogP contribution is 2.16. The second-order valence-electron chi connectivity index (χ2n) is 3.30. The molecule has 0 aliphatic rings. The quantitative estimate of drug-likeness (QED) is 0.859. The van der Waals surface area contributed by atoms with Crippen LogP contribution in [0.15, 0.2) is 24.3 Å². The monoisotopic (exact) mass is 258 g/mol. The van der Waals surface area contributed by atoms with E-state index in [4.69, 9.17) is 4.74 Å². The minimum atomic E-state index is -3.33. The third kappa shape index (κ3) is 5.21. The highest BCUT2D eigenvalue weighted by atomic mass is 32.2. The topological polar surface area (TPSA) is 84.5 Å². The van der Waals surface area contributed by atoms with Crippen LogP contribution in [0.4, 0.5) is 16.2 Å². The molecule has 0 aromatic heterocycles. The zero-order valence-electron chi connectivity index (χ0n) is 9.56. The predicted octanol–water partition coefficient (Wildman–Crippen LogP) is 1.63. The molecule has 1 rings (SSSR count). The molecule has 0 fully saturated rings. The fraction of sp³-hybridized carbons (Fsp3) is 0.300. The molecule has 1 aromatic rings. The van der Waals surface area contributed by atoms with E-state index in [1.54, 1.807) is 25.1 Å². The van der Waals surface area contributed by atoms with E-state index in [0.717, 1.165) is 6.26 Å². The first-order valence-corrected chi connectivity index (χ1v) is 6.81. The summed E-state index contributed by atoms with van der Waals surface area (Å²) in [6.07, 6.45) is 0.474. The Morgan fingerprint density at radius 1 is 1.35 bits per heavy atom. The van der Waals surface area contributed by atoms with E-state index in [9.17, 15) is 13.2 Å². The normalized spacial score (nSPS) is 10.7. The summed E-state index contributed by atoms with van der Waals surface area (Å²) in [6, 6.07) is 6.33. The summed E-state index contributed by atoms with van der Waals surface area (Å²) >= 11 is 0. The van der Waals surface area contributed by atoms with Crippen molar-refractivity contribution >= 4 is 27.5 Å². The Bertz CT molecular complexity index is 499. The summed E-state index contributed by atoms with van der Waals surface area (Å²) in [4.78, 5) is 11.1. The smallest absolute Gasteiger partial charge is 0.411 e. The van der Waals surface area contributed by atoms with Crippen LogP contribution < -0.4 is 10.0 Å². The molecule has 6 nitrogen and oxygen atoms in total. The van der Waals surface area contributed by atoms with Crippen LogP contribution >= 0.6 is 0 Å². The van der Waals surface area contributed by atoms with Crippen molar-refractivity contribution in [3.63, 3.8) is 0 Å². The van der Waals surface area contributed by atoms with E-state index in [0.29, 0.717) is 11.4 Å². The Labute approximate surface area is 100 Å². The lowest BCUT2D eigenvalue weighted by Gasteiger charge is -2.08. The van der Waals surface area contributed by atoms with Gasteiger partial charge in [-0.3, -0.25) is 10.0 Å². The Balaban J connectivity index is 2.76. The van der Waals surface area contributed by atoms with Crippen LogP contribution in [0.1, 0.15) is 6.92 Å². The van der Waals surface area contributed by atoms with Gasteiger partial charge in [0.2, 0.25) is 10.0 Å². The molecule has 0 radical (unpaired) electrons. The highest BCUT2D eigenvalue weighted by molar-refractivity contribution is 7.92. The molecule has 0 saturated carbocycles. The summed E-state index contributed by atoms with van der Waals surface area (Å²) < 4.78 is 29.0. The second kappa shape index (κ2) is 5.53. The minimum Gasteiger partial charge on any atom is -0.450 e. The molecule has 0 spiro atoms. The van der Waals surface area contributed by atoms with E-state index in [1.165, 1.54) is 6.07 Å². The summed E-state index contributed by atoms with van der Waals surface area (Å²) in [6.45, 7) is 1.97. The zero-order chi connectivity index (χ0) is 12.9. The number of rotatable bonds is 4. The molecular weight excluding hydrogens is 244 g/mol. The molecule has 0 aliphatic heterocycles. The van der Waals surface area contributed by atoms with Crippen molar-refractivity contribution in [3.8, 4) is 0 Å². The van der Waals surface area contributed by atoms with Crippen molar-refractivity contribution in [2.75, 3.05) is 22.9 Å². The zero-order valence-corrected chi connectivity index (χ0v) is 10.4. The van der Waals surface area contributed by atoms with E-state index >= 15 is 0 Å². The van der Waals surface area contributed by atoms with Crippen molar-refractivity contribution in [1.29, 1.82) is 0 Å². The van der Waals surface area contributed by atoms with E-state index in [-0.39, 0.29) is 6.61 Å². The van der Waals surface area contributed by atoms with E-state index < -0.39 is 16.1 Å². The van der Waals surface area contributed by atoms with Gasteiger partial charge in [-0.2, -0.15) is 0 Å². The van der Waals surface area contributed by atoms with Crippen LogP contribution in [0.25, 0.3) is 0 Å². The fourth-order valence-corrected chi connectivity index (χ4v) is 1.71. The molecule has 1 amide bonds. The van der Waals surface area contributed by atoms with Gasteiger partial charge in [-0.05, 0) is 25.1 Å². The molecule has 1 aromatic carbocycles. The Kier molecular flexibility index (Phi) is 4.33. The second-order valence-corrected chi connectivity index (χ2v) is 5.05. The van der Waals surface area contributed by atoms with Gasteiger partial charge in [-0.25, -0.2) is 13.2 Å². The Morgan fingerprint density at radius 3 is 2.59 bits per heavy atom. The Morgan fingerprint density at radius 2 is 2.00 bits per heavy atom. The number of benzene rings is 1. The average Bonchev–Trinajstić information content (AvgIpc) is 2.15. The molecule has 94 valence electrons. The van der Waals surface area contributed by atoms with E-state index in [1.807, 2.05) is 0 Å². The van der Waals surface area contributed by atoms with Crippen LogP contribution in [0.3, 0.4) is 0 Å². The van der Waals surface area contributed by atoms with Gasteiger partial charge < -0.3 is 4.74 Å².